The number of nitrogens with zero attached hydrogens (tertiary/aromatic N) is 1. The van der Waals surface area contributed by atoms with E-state index in [1.54, 1.807) is 6.20 Å². The molecule has 0 fully saturated rings. The molecular formula is C19H16BrClN2O2S. The third-order valence-corrected chi connectivity index (χ3v) is 5.76. The van der Waals surface area contributed by atoms with Crippen LogP contribution in [0, 0.1) is 6.92 Å². The Balaban J connectivity index is 1.55. The van der Waals surface area contributed by atoms with Gasteiger partial charge in [-0.05, 0) is 52.2 Å². The number of benzene rings is 2. The van der Waals surface area contributed by atoms with Crippen molar-refractivity contribution in [2.45, 2.75) is 13.3 Å². The van der Waals surface area contributed by atoms with Crippen LogP contribution < -0.4 is 10.1 Å². The number of para-hydroxylation sites is 1. The molecule has 0 aliphatic carbocycles. The first-order valence-corrected chi connectivity index (χ1v) is 9.87. The van der Waals surface area contributed by atoms with Gasteiger partial charge in [-0.2, -0.15) is 0 Å². The molecule has 2 aromatic carbocycles. The number of carbonyl (C=O) groups excluding carboxylic acids is 1. The molecule has 134 valence electrons. The largest absolute Gasteiger partial charge is 0.483 e. The van der Waals surface area contributed by atoms with Gasteiger partial charge in [0.15, 0.2) is 11.7 Å². The molecule has 0 saturated carbocycles. The smallest absolute Gasteiger partial charge is 0.264 e. The van der Waals surface area contributed by atoms with Crippen LogP contribution in [0.5, 0.6) is 5.75 Å². The summed E-state index contributed by atoms with van der Waals surface area (Å²) in [7, 11) is 0. The lowest BCUT2D eigenvalue weighted by Crippen LogP contribution is -2.20. The molecule has 1 aromatic heterocycles. The van der Waals surface area contributed by atoms with Crippen molar-refractivity contribution < 1.29 is 9.53 Å². The van der Waals surface area contributed by atoms with Gasteiger partial charge in [0.05, 0.1) is 5.02 Å². The van der Waals surface area contributed by atoms with Crippen LogP contribution in [-0.2, 0) is 11.2 Å². The molecule has 0 saturated heterocycles. The molecule has 3 rings (SSSR count). The van der Waals surface area contributed by atoms with Gasteiger partial charge in [-0.1, -0.05) is 35.9 Å². The van der Waals surface area contributed by atoms with Gasteiger partial charge >= 0.3 is 0 Å². The van der Waals surface area contributed by atoms with E-state index in [0.717, 1.165) is 20.5 Å². The van der Waals surface area contributed by atoms with Gasteiger partial charge in [-0.3, -0.25) is 10.1 Å². The van der Waals surface area contributed by atoms with E-state index >= 15 is 0 Å². The standard InChI is InChI=1S/C19H16BrClN2O2S/c1-12-4-2-3-5-17(12)25-11-18(24)23-19-22-10-14(26-19)8-13-6-7-15(20)16(21)9-13/h2-7,9-10H,8,11H2,1H3,(H,22,23,24). The summed E-state index contributed by atoms with van der Waals surface area (Å²) in [6.45, 7) is 1.89. The maximum atomic E-state index is 12.1. The van der Waals surface area contributed by atoms with Gasteiger partial charge in [0.1, 0.15) is 5.75 Å². The van der Waals surface area contributed by atoms with Crippen LogP contribution in [-0.4, -0.2) is 17.5 Å². The first-order valence-electron chi connectivity index (χ1n) is 7.88. The van der Waals surface area contributed by atoms with Crippen molar-refractivity contribution in [1.82, 2.24) is 4.98 Å². The lowest BCUT2D eigenvalue weighted by Gasteiger charge is -2.08. The second-order valence-corrected chi connectivity index (χ2v) is 8.04. The monoisotopic (exact) mass is 450 g/mol. The molecular weight excluding hydrogens is 436 g/mol. The molecule has 0 atom stereocenters. The highest BCUT2D eigenvalue weighted by Crippen LogP contribution is 2.26. The van der Waals surface area contributed by atoms with Crippen molar-refractivity contribution in [1.29, 1.82) is 0 Å². The van der Waals surface area contributed by atoms with Crippen LogP contribution >= 0.6 is 38.9 Å². The van der Waals surface area contributed by atoms with E-state index in [0.29, 0.717) is 22.3 Å². The minimum Gasteiger partial charge on any atom is -0.483 e. The number of hydrogen-bond donors (Lipinski definition) is 1. The van der Waals surface area contributed by atoms with E-state index in [1.165, 1.54) is 11.3 Å². The average Bonchev–Trinajstić information content (AvgIpc) is 3.04. The zero-order valence-corrected chi connectivity index (χ0v) is 17.1. The Hall–Kier alpha value is -1.89. The normalized spacial score (nSPS) is 10.6. The molecule has 7 heteroatoms. The first-order chi connectivity index (χ1) is 12.5. The van der Waals surface area contributed by atoms with Gasteiger partial charge < -0.3 is 4.74 Å². The molecule has 26 heavy (non-hydrogen) atoms. The Bertz CT molecular complexity index is 929. The third kappa shape index (κ3) is 5.06. The predicted octanol–water partition coefficient (Wildman–Crippen LogP) is 5.48. The summed E-state index contributed by atoms with van der Waals surface area (Å²) in [5, 5.41) is 4.00. The number of carbonyl (C=O) groups is 1. The van der Waals surface area contributed by atoms with E-state index < -0.39 is 0 Å². The predicted molar refractivity (Wildman–Crippen MR) is 109 cm³/mol. The summed E-state index contributed by atoms with van der Waals surface area (Å²) in [6.07, 6.45) is 2.47. The summed E-state index contributed by atoms with van der Waals surface area (Å²) >= 11 is 10.9. The average molecular weight is 452 g/mol. The lowest BCUT2D eigenvalue weighted by molar-refractivity contribution is -0.118. The van der Waals surface area contributed by atoms with Crippen molar-refractivity contribution >= 4 is 49.9 Å². The second kappa shape index (κ2) is 8.66. The van der Waals surface area contributed by atoms with E-state index in [-0.39, 0.29) is 12.5 Å². The molecule has 0 aliphatic rings. The highest BCUT2D eigenvalue weighted by Gasteiger charge is 2.09. The van der Waals surface area contributed by atoms with Crippen LogP contribution in [0.3, 0.4) is 0 Å². The Labute approximate surface area is 169 Å². The third-order valence-electron chi connectivity index (χ3n) is 3.61. The van der Waals surface area contributed by atoms with Gasteiger partial charge in [0.25, 0.3) is 5.91 Å². The number of halogens is 2. The molecule has 1 amide bonds. The fourth-order valence-electron chi connectivity index (χ4n) is 2.31. The number of aryl methyl sites for hydroxylation is 1. The number of hydrogen-bond acceptors (Lipinski definition) is 4. The highest BCUT2D eigenvalue weighted by molar-refractivity contribution is 9.10. The molecule has 0 radical (unpaired) electrons. The van der Waals surface area contributed by atoms with Crippen molar-refractivity contribution in [3.8, 4) is 5.75 Å². The van der Waals surface area contributed by atoms with Gasteiger partial charge in [-0.15, -0.1) is 11.3 Å². The number of ether oxygens (including phenoxy) is 1. The van der Waals surface area contributed by atoms with E-state index in [4.69, 9.17) is 16.3 Å². The number of nitrogens with one attached hydrogen (secondary N) is 1. The highest BCUT2D eigenvalue weighted by atomic mass is 79.9. The Morgan fingerprint density at radius 3 is 2.88 bits per heavy atom. The number of anilines is 1. The minimum atomic E-state index is -0.235. The summed E-state index contributed by atoms with van der Waals surface area (Å²) in [4.78, 5) is 17.3. The van der Waals surface area contributed by atoms with Gasteiger partial charge in [0.2, 0.25) is 0 Å². The summed E-state index contributed by atoms with van der Waals surface area (Å²) < 4.78 is 6.41. The zero-order chi connectivity index (χ0) is 18.5. The Kier molecular flexibility index (Phi) is 6.29. The second-order valence-electron chi connectivity index (χ2n) is 5.66. The quantitative estimate of drug-likeness (QED) is 0.540. The van der Waals surface area contributed by atoms with Crippen molar-refractivity contribution in [2.75, 3.05) is 11.9 Å². The number of rotatable bonds is 6. The molecule has 1 N–H and O–H groups in total. The van der Waals surface area contributed by atoms with E-state index in [1.807, 2.05) is 49.4 Å². The van der Waals surface area contributed by atoms with Crippen LogP contribution in [0.15, 0.2) is 53.1 Å². The SMILES string of the molecule is Cc1ccccc1OCC(=O)Nc1ncc(Cc2ccc(Br)c(Cl)c2)s1. The van der Waals surface area contributed by atoms with Crippen LogP contribution in [0.4, 0.5) is 5.13 Å². The molecule has 0 unspecified atom stereocenters. The summed E-state index contributed by atoms with van der Waals surface area (Å²) in [5.41, 5.74) is 2.08. The van der Waals surface area contributed by atoms with E-state index in [9.17, 15) is 4.79 Å². The van der Waals surface area contributed by atoms with Crippen molar-refractivity contribution in [2.24, 2.45) is 0 Å². The zero-order valence-electron chi connectivity index (χ0n) is 14.0. The molecule has 1 heterocycles. The van der Waals surface area contributed by atoms with Crippen molar-refractivity contribution in [3.63, 3.8) is 0 Å². The fourth-order valence-corrected chi connectivity index (χ4v) is 3.63. The first kappa shape index (κ1) is 18.9. The maximum Gasteiger partial charge on any atom is 0.264 e. The molecule has 0 bridgehead atoms. The number of aromatic nitrogens is 1. The molecule has 4 nitrogen and oxygen atoms in total. The lowest BCUT2D eigenvalue weighted by atomic mass is 10.1. The molecule has 3 aromatic rings. The number of thiazole rings is 1. The Morgan fingerprint density at radius 2 is 2.12 bits per heavy atom. The van der Waals surface area contributed by atoms with Gasteiger partial charge in [-0.25, -0.2) is 4.98 Å². The maximum absolute atomic E-state index is 12.1. The summed E-state index contributed by atoms with van der Waals surface area (Å²) in [6, 6.07) is 13.4. The van der Waals surface area contributed by atoms with E-state index in [2.05, 4.69) is 26.2 Å². The van der Waals surface area contributed by atoms with Crippen LogP contribution in [0.2, 0.25) is 5.02 Å². The minimum absolute atomic E-state index is 0.0535. The molecule has 0 aliphatic heterocycles. The Morgan fingerprint density at radius 1 is 1.31 bits per heavy atom. The molecule has 0 spiro atoms. The fraction of sp³-hybridized carbons (Fsp3) is 0.158. The van der Waals surface area contributed by atoms with Gasteiger partial charge in [0, 0.05) is 22.0 Å². The van der Waals surface area contributed by atoms with Crippen LogP contribution in [0.25, 0.3) is 0 Å². The van der Waals surface area contributed by atoms with Crippen molar-refractivity contribution in [3.05, 3.63) is 74.2 Å². The summed E-state index contributed by atoms with van der Waals surface area (Å²) in [5.74, 6) is 0.468. The number of amides is 1. The topological polar surface area (TPSA) is 51.2 Å². The van der Waals surface area contributed by atoms with Crippen LogP contribution in [0.1, 0.15) is 16.0 Å².